The Bertz CT molecular complexity index is 1090. The maximum Gasteiger partial charge on any atom is 0.350 e. The van der Waals surface area contributed by atoms with Gasteiger partial charge in [-0.3, -0.25) is 14.0 Å². The molecule has 1 aliphatic rings. The van der Waals surface area contributed by atoms with Crippen LogP contribution in [0.2, 0.25) is 0 Å². The van der Waals surface area contributed by atoms with Gasteiger partial charge in [-0.25, -0.2) is 9.48 Å². The van der Waals surface area contributed by atoms with E-state index in [1.54, 1.807) is 29.3 Å². The highest BCUT2D eigenvalue weighted by Crippen LogP contribution is 2.17. The summed E-state index contributed by atoms with van der Waals surface area (Å²) in [7, 11) is 0. The van der Waals surface area contributed by atoms with Crippen LogP contribution in [-0.2, 0) is 11.3 Å². The van der Waals surface area contributed by atoms with E-state index in [1.807, 2.05) is 24.3 Å². The molecule has 3 heterocycles. The van der Waals surface area contributed by atoms with Crippen LogP contribution in [0.4, 0.5) is 10.5 Å². The van der Waals surface area contributed by atoms with E-state index in [0.717, 1.165) is 11.3 Å². The number of fused-ring (bicyclic) bond motifs is 1. The minimum Gasteiger partial charge on any atom is -0.332 e. The fourth-order valence-electron chi connectivity index (χ4n) is 3.08. The van der Waals surface area contributed by atoms with Crippen LogP contribution in [0.15, 0.2) is 53.5 Å². The Hall–Kier alpha value is -3.07. The molecule has 0 atom stereocenters. The first-order valence-corrected chi connectivity index (χ1v) is 9.93. The second-order valence-corrected chi connectivity index (χ2v) is 7.52. The van der Waals surface area contributed by atoms with Gasteiger partial charge in [0.2, 0.25) is 5.91 Å². The van der Waals surface area contributed by atoms with E-state index in [2.05, 4.69) is 10.4 Å². The van der Waals surface area contributed by atoms with E-state index in [0.29, 0.717) is 31.0 Å². The SMILES string of the molecule is O=C(CCN1CCSC1=O)Nc1cccc(Cn2nc3ccccn3c2=O)c1. The molecule has 1 fully saturated rings. The third kappa shape index (κ3) is 3.94. The summed E-state index contributed by atoms with van der Waals surface area (Å²) in [4.78, 5) is 37.9. The molecule has 1 aromatic carbocycles. The number of nitrogens with one attached hydrogen (secondary N) is 1. The van der Waals surface area contributed by atoms with E-state index in [9.17, 15) is 14.4 Å². The predicted molar refractivity (Wildman–Crippen MR) is 108 cm³/mol. The molecule has 2 aromatic heterocycles. The zero-order chi connectivity index (χ0) is 19.5. The van der Waals surface area contributed by atoms with Gasteiger partial charge in [0.25, 0.3) is 5.24 Å². The van der Waals surface area contributed by atoms with E-state index in [4.69, 9.17) is 0 Å². The fraction of sp³-hybridized carbons (Fsp3) is 0.263. The Morgan fingerprint density at radius 2 is 2.07 bits per heavy atom. The van der Waals surface area contributed by atoms with Crippen LogP contribution < -0.4 is 11.0 Å². The van der Waals surface area contributed by atoms with Crippen LogP contribution in [-0.4, -0.2) is 49.1 Å². The lowest BCUT2D eigenvalue weighted by Gasteiger charge is -2.14. The maximum absolute atomic E-state index is 12.4. The molecule has 2 amide bonds. The van der Waals surface area contributed by atoms with Gasteiger partial charge in [-0.2, -0.15) is 0 Å². The quantitative estimate of drug-likeness (QED) is 0.688. The van der Waals surface area contributed by atoms with Gasteiger partial charge in [-0.15, -0.1) is 5.10 Å². The minimum atomic E-state index is -0.210. The highest BCUT2D eigenvalue weighted by molar-refractivity contribution is 8.13. The standard InChI is InChI=1S/C19H19N5O3S/c25-17(7-9-22-10-11-28-19(22)27)20-15-5-3-4-14(12-15)13-24-18(26)23-8-2-1-6-16(23)21-24/h1-6,8,12H,7,9-11,13H2,(H,20,25). The first-order valence-electron chi connectivity index (χ1n) is 8.95. The Morgan fingerprint density at radius 1 is 1.18 bits per heavy atom. The number of benzene rings is 1. The number of rotatable bonds is 6. The molecule has 1 N–H and O–H groups in total. The van der Waals surface area contributed by atoms with Gasteiger partial charge in [0.1, 0.15) is 0 Å². The van der Waals surface area contributed by atoms with Crippen molar-refractivity contribution in [1.82, 2.24) is 19.1 Å². The number of nitrogens with zero attached hydrogens (tertiary/aromatic N) is 4. The van der Waals surface area contributed by atoms with Crippen molar-refractivity contribution in [1.29, 1.82) is 0 Å². The first-order chi connectivity index (χ1) is 13.6. The number of amides is 2. The van der Waals surface area contributed by atoms with Crippen LogP contribution in [0.1, 0.15) is 12.0 Å². The molecular weight excluding hydrogens is 378 g/mol. The number of thioether (sulfide) groups is 1. The zero-order valence-electron chi connectivity index (χ0n) is 15.1. The summed E-state index contributed by atoms with van der Waals surface area (Å²) in [5, 5.41) is 7.21. The third-order valence-corrected chi connectivity index (χ3v) is 5.38. The molecule has 0 unspecified atom stereocenters. The van der Waals surface area contributed by atoms with Crippen molar-refractivity contribution in [2.24, 2.45) is 0 Å². The molecule has 0 saturated carbocycles. The number of pyridine rings is 1. The Balaban J connectivity index is 1.41. The van der Waals surface area contributed by atoms with Crippen molar-refractivity contribution in [2.75, 3.05) is 24.2 Å². The van der Waals surface area contributed by atoms with Gasteiger partial charge in [0.05, 0.1) is 6.54 Å². The Kier molecular flexibility index (Phi) is 5.16. The van der Waals surface area contributed by atoms with E-state index in [1.165, 1.54) is 20.8 Å². The number of carbonyl (C=O) groups excluding carboxylic acids is 2. The van der Waals surface area contributed by atoms with Crippen molar-refractivity contribution in [3.05, 3.63) is 64.7 Å². The predicted octanol–water partition coefficient (Wildman–Crippen LogP) is 2.04. The van der Waals surface area contributed by atoms with Crippen molar-refractivity contribution in [3.63, 3.8) is 0 Å². The van der Waals surface area contributed by atoms with E-state index in [-0.39, 0.29) is 23.3 Å². The first kappa shape index (κ1) is 18.3. The molecule has 3 aromatic rings. The number of anilines is 1. The molecule has 0 radical (unpaired) electrons. The van der Waals surface area contributed by atoms with Gasteiger partial charge >= 0.3 is 5.69 Å². The largest absolute Gasteiger partial charge is 0.350 e. The van der Waals surface area contributed by atoms with E-state index >= 15 is 0 Å². The third-order valence-electron chi connectivity index (χ3n) is 4.49. The molecular formula is C19H19N5O3S. The summed E-state index contributed by atoms with van der Waals surface area (Å²) in [5.41, 5.74) is 1.89. The Morgan fingerprint density at radius 3 is 2.86 bits per heavy atom. The molecule has 0 spiro atoms. The number of aromatic nitrogens is 3. The summed E-state index contributed by atoms with van der Waals surface area (Å²) >= 11 is 1.29. The van der Waals surface area contributed by atoms with Crippen molar-refractivity contribution >= 4 is 34.2 Å². The Labute approximate surface area is 165 Å². The van der Waals surface area contributed by atoms with Gasteiger partial charge in [-0.05, 0) is 29.8 Å². The lowest BCUT2D eigenvalue weighted by atomic mass is 10.2. The monoisotopic (exact) mass is 397 g/mol. The second-order valence-electron chi connectivity index (χ2n) is 6.47. The lowest BCUT2D eigenvalue weighted by Crippen LogP contribution is -2.27. The van der Waals surface area contributed by atoms with Crippen LogP contribution in [0.3, 0.4) is 0 Å². The summed E-state index contributed by atoms with van der Waals surface area (Å²) in [5.74, 6) is 0.636. The molecule has 8 nitrogen and oxygen atoms in total. The summed E-state index contributed by atoms with van der Waals surface area (Å²) in [6.45, 7) is 1.43. The van der Waals surface area contributed by atoms with E-state index < -0.39 is 0 Å². The molecule has 0 bridgehead atoms. The minimum absolute atomic E-state index is 0.0349. The van der Waals surface area contributed by atoms with Crippen LogP contribution >= 0.6 is 11.8 Å². The van der Waals surface area contributed by atoms with Crippen molar-refractivity contribution in [3.8, 4) is 0 Å². The molecule has 4 rings (SSSR count). The zero-order valence-corrected chi connectivity index (χ0v) is 15.9. The number of hydrogen-bond acceptors (Lipinski definition) is 5. The van der Waals surface area contributed by atoms with Gasteiger partial charge in [0.15, 0.2) is 5.65 Å². The molecule has 1 aliphatic heterocycles. The molecule has 0 aliphatic carbocycles. The molecule has 1 saturated heterocycles. The van der Waals surface area contributed by atoms with Crippen LogP contribution in [0, 0.1) is 0 Å². The van der Waals surface area contributed by atoms with Crippen LogP contribution in [0.5, 0.6) is 0 Å². The summed E-state index contributed by atoms with van der Waals surface area (Å²) < 4.78 is 2.89. The fourth-order valence-corrected chi connectivity index (χ4v) is 3.93. The average Bonchev–Trinajstić information content (AvgIpc) is 3.24. The molecule has 144 valence electrons. The topological polar surface area (TPSA) is 88.7 Å². The van der Waals surface area contributed by atoms with Crippen molar-refractivity contribution in [2.45, 2.75) is 13.0 Å². The van der Waals surface area contributed by atoms with Gasteiger partial charge in [-0.1, -0.05) is 30.0 Å². The smallest absolute Gasteiger partial charge is 0.332 e. The summed E-state index contributed by atoms with van der Waals surface area (Å²) in [6.07, 6.45) is 1.93. The van der Waals surface area contributed by atoms with Gasteiger partial charge < -0.3 is 10.2 Å². The second kappa shape index (κ2) is 7.89. The number of carbonyl (C=O) groups is 2. The molecule has 9 heteroatoms. The number of hydrogen-bond donors (Lipinski definition) is 1. The van der Waals surface area contributed by atoms with Gasteiger partial charge in [0, 0.05) is 37.1 Å². The normalized spacial score (nSPS) is 14.0. The average molecular weight is 397 g/mol. The molecule has 28 heavy (non-hydrogen) atoms. The highest BCUT2D eigenvalue weighted by atomic mass is 32.2. The van der Waals surface area contributed by atoms with Crippen molar-refractivity contribution < 1.29 is 9.59 Å². The van der Waals surface area contributed by atoms with Crippen LogP contribution in [0.25, 0.3) is 5.65 Å². The highest BCUT2D eigenvalue weighted by Gasteiger charge is 2.21. The summed E-state index contributed by atoms with van der Waals surface area (Å²) in [6, 6.07) is 12.7. The maximum atomic E-state index is 12.4. The lowest BCUT2D eigenvalue weighted by molar-refractivity contribution is -0.116.